The van der Waals surface area contributed by atoms with E-state index < -0.39 is 22.2 Å². The zero-order valence-corrected chi connectivity index (χ0v) is 13.1. The van der Waals surface area contributed by atoms with Crippen molar-refractivity contribution in [1.29, 1.82) is 0 Å². The third-order valence-electron chi connectivity index (χ3n) is 3.62. The first-order valence-corrected chi connectivity index (χ1v) is 8.50. The number of carbonyl (C=O) groups excluding carboxylic acids is 1. The number of H-pyrrole nitrogens is 1. The molecule has 0 saturated carbocycles. The Morgan fingerprint density at radius 1 is 1.48 bits per heavy atom. The van der Waals surface area contributed by atoms with E-state index in [9.17, 15) is 18.3 Å². The van der Waals surface area contributed by atoms with Crippen LogP contribution in [0.1, 0.15) is 17.0 Å². The summed E-state index contributed by atoms with van der Waals surface area (Å²) in [4.78, 5) is 13.7. The highest BCUT2D eigenvalue weighted by Gasteiger charge is 2.35. The van der Waals surface area contributed by atoms with Gasteiger partial charge in [0.2, 0.25) is 15.9 Å². The Balaban J connectivity index is 2.02. The number of nitrogens with zero attached hydrogens (tertiary/aromatic N) is 2. The summed E-state index contributed by atoms with van der Waals surface area (Å²) in [5.41, 5.74) is 2.45. The summed E-state index contributed by atoms with van der Waals surface area (Å²) in [6, 6.07) is -0.657. The van der Waals surface area contributed by atoms with Gasteiger partial charge in [0.05, 0.1) is 30.5 Å². The molecule has 1 saturated heterocycles. The van der Waals surface area contributed by atoms with Crippen molar-refractivity contribution >= 4 is 15.9 Å². The first-order chi connectivity index (χ1) is 9.67. The molecule has 3 N–H and O–H groups in total. The third-order valence-corrected chi connectivity index (χ3v) is 4.35. The Morgan fingerprint density at radius 2 is 2.14 bits per heavy atom. The van der Waals surface area contributed by atoms with Crippen LogP contribution in [0.4, 0.5) is 0 Å². The quantitative estimate of drug-likeness (QED) is 0.638. The number of β-amino-alcohol motifs (C(OH)–C–C–N with tert-alkyl or cyclic N) is 1. The van der Waals surface area contributed by atoms with Gasteiger partial charge in [-0.15, -0.1) is 0 Å². The van der Waals surface area contributed by atoms with Gasteiger partial charge in [-0.05, 0) is 13.8 Å². The standard InChI is InChI=1S/C12H20N4O4S/c1-7-9(8(2)14-13-7)4-12(18)16-5-10(11(17)6-16)15-21(3,19)20/h10-11,15,17H,4-6H2,1-3H3,(H,13,14)/t10-,11-/m1/s1. The van der Waals surface area contributed by atoms with Crippen molar-refractivity contribution in [3.63, 3.8) is 0 Å². The van der Waals surface area contributed by atoms with Gasteiger partial charge >= 0.3 is 0 Å². The molecule has 1 aliphatic heterocycles. The van der Waals surface area contributed by atoms with Gasteiger partial charge in [0.1, 0.15) is 0 Å². The molecule has 1 fully saturated rings. The normalized spacial score (nSPS) is 22.8. The summed E-state index contributed by atoms with van der Waals surface area (Å²) >= 11 is 0. The van der Waals surface area contributed by atoms with Gasteiger partial charge in [-0.25, -0.2) is 13.1 Å². The number of aromatic nitrogens is 2. The second kappa shape index (κ2) is 5.74. The van der Waals surface area contributed by atoms with Crippen molar-refractivity contribution in [1.82, 2.24) is 19.8 Å². The van der Waals surface area contributed by atoms with Crippen molar-refractivity contribution in [3.05, 3.63) is 17.0 Å². The molecule has 0 bridgehead atoms. The van der Waals surface area contributed by atoms with Gasteiger partial charge in [0.15, 0.2) is 0 Å². The second-order valence-electron chi connectivity index (χ2n) is 5.45. The van der Waals surface area contributed by atoms with Crippen molar-refractivity contribution in [2.45, 2.75) is 32.4 Å². The van der Waals surface area contributed by atoms with Crippen molar-refractivity contribution in [2.75, 3.05) is 19.3 Å². The lowest BCUT2D eigenvalue weighted by Gasteiger charge is -2.16. The molecule has 1 aromatic heterocycles. The Morgan fingerprint density at radius 3 is 2.67 bits per heavy atom. The van der Waals surface area contributed by atoms with Crippen LogP contribution < -0.4 is 4.72 Å². The lowest BCUT2D eigenvalue weighted by atomic mass is 10.1. The van der Waals surface area contributed by atoms with Crippen molar-refractivity contribution in [2.24, 2.45) is 0 Å². The molecule has 0 aliphatic carbocycles. The molecule has 1 amide bonds. The summed E-state index contributed by atoms with van der Waals surface area (Å²) < 4.78 is 24.8. The average Bonchev–Trinajstić information content (AvgIpc) is 2.85. The minimum Gasteiger partial charge on any atom is -0.390 e. The average molecular weight is 316 g/mol. The lowest BCUT2D eigenvalue weighted by Crippen LogP contribution is -2.42. The molecule has 2 atom stereocenters. The van der Waals surface area contributed by atoms with E-state index in [4.69, 9.17) is 0 Å². The van der Waals surface area contributed by atoms with E-state index in [0.717, 1.165) is 23.2 Å². The molecule has 2 heterocycles. The Kier molecular flexibility index (Phi) is 4.35. The smallest absolute Gasteiger partial charge is 0.227 e. The molecule has 118 valence electrons. The van der Waals surface area contributed by atoms with Crippen LogP contribution >= 0.6 is 0 Å². The van der Waals surface area contributed by atoms with Gasteiger partial charge < -0.3 is 10.0 Å². The third kappa shape index (κ3) is 3.80. The van der Waals surface area contributed by atoms with E-state index >= 15 is 0 Å². The van der Waals surface area contributed by atoms with E-state index in [2.05, 4.69) is 14.9 Å². The molecule has 2 rings (SSSR count). The fourth-order valence-electron chi connectivity index (χ4n) is 2.48. The van der Waals surface area contributed by atoms with Gasteiger partial charge in [-0.1, -0.05) is 0 Å². The van der Waals surface area contributed by atoms with Gasteiger partial charge in [-0.2, -0.15) is 5.10 Å². The minimum absolute atomic E-state index is 0.127. The molecular formula is C12H20N4O4S. The molecule has 0 aromatic carbocycles. The second-order valence-corrected chi connectivity index (χ2v) is 7.23. The van der Waals surface area contributed by atoms with Gasteiger partial charge in [0.25, 0.3) is 0 Å². The molecule has 1 aromatic rings. The molecule has 1 aliphatic rings. The molecule has 21 heavy (non-hydrogen) atoms. The minimum atomic E-state index is -3.42. The number of carbonyl (C=O) groups is 1. The molecule has 0 unspecified atom stereocenters. The van der Waals surface area contributed by atoms with Crippen LogP contribution in [0.3, 0.4) is 0 Å². The largest absolute Gasteiger partial charge is 0.390 e. The summed E-state index contributed by atoms with van der Waals surface area (Å²) in [6.07, 6.45) is 0.324. The first-order valence-electron chi connectivity index (χ1n) is 6.61. The van der Waals surface area contributed by atoms with Gasteiger partial charge in [-0.3, -0.25) is 9.89 Å². The number of nitrogens with one attached hydrogen (secondary N) is 2. The fourth-order valence-corrected chi connectivity index (χ4v) is 3.26. The summed E-state index contributed by atoms with van der Waals surface area (Å²) in [5, 5.41) is 16.7. The Bertz CT molecular complexity index is 620. The molecule has 0 radical (unpaired) electrons. The van der Waals surface area contributed by atoms with Crippen LogP contribution in [0.25, 0.3) is 0 Å². The maximum atomic E-state index is 12.3. The number of hydrogen-bond acceptors (Lipinski definition) is 5. The summed E-state index contributed by atoms with van der Waals surface area (Å²) in [5.74, 6) is -0.153. The SMILES string of the molecule is Cc1n[nH]c(C)c1CC(=O)N1C[C@@H](O)[C@H](NS(C)(=O)=O)C1. The topological polar surface area (TPSA) is 115 Å². The van der Waals surface area contributed by atoms with Gasteiger partial charge in [0, 0.05) is 24.3 Å². The number of aromatic amines is 1. The predicted molar refractivity (Wildman–Crippen MR) is 76.1 cm³/mol. The number of rotatable bonds is 4. The molecule has 0 spiro atoms. The molecular weight excluding hydrogens is 296 g/mol. The van der Waals surface area contributed by atoms with E-state index in [1.54, 1.807) is 0 Å². The molecule has 8 nitrogen and oxygen atoms in total. The summed E-state index contributed by atoms with van der Waals surface area (Å²) in [7, 11) is -3.42. The highest BCUT2D eigenvalue weighted by atomic mass is 32.2. The van der Waals surface area contributed by atoms with Crippen LogP contribution in [-0.4, -0.2) is 66.0 Å². The molecule has 9 heteroatoms. The van der Waals surface area contributed by atoms with Crippen LogP contribution in [0, 0.1) is 13.8 Å². The number of likely N-dealkylation sites (tertiary alicyclic amines) is 1. The number of aryl methyl sites for hydroxylation is 2. The van der Waals surface area contributed by atoms with Crippen LogP contribution in [0.5, 0.6) is 0 Å². The zero-order valence-electron chi connectivity index (χ0n) is 12.3. The summed E-state index contributed by atoms with van der Waals surface area (Å²) in [6.45, 7) is 3.96. The van der Waals surface area contributed by atoms with E-state index in [0.29, 0.717) is 0 Å². The van der Waals surface area contributed by atoms with Crippen molar-refractivity contribution in [3.8, 4) is 0 Å². The zero-order chi connectivity index (χ0) is 15.8. The highest BCUT2D eigenvalue weighted by molar-refractivity contribution is 7.88. The first kappa shape index (κ1) is 15.9. The Hall–Kier alpha value is -1.45. The van der Waals surface area contributed by atoms with Crippen LogP contribution in [0.15, 0.2) is 0 Å². The maximum absolute atomic E-state index is 12.3. The van der Waals surface area contributed by atoms with Crippen LogP contribution in [-0.2, 0) is 21.2 Å². The number of aliphatic hydroxyl groups excluding tert-OH is 1. The maximum Gasteiger partial charge on any atom is 0.227 e. The van der Waals surface area contributed by atoms with Crippen LogP contribution in [0.2, 0.25) is 0 Å². The Labute approximate surface area is 123 Å². The highest BCUT2D eigenvalue weighted by Crippen LogP contribution is 2.16. The number of amides is 1. The van der Waals surface area contributed by atoms with Crippen molar-refractivity contribution < 1.29 is 18.3 Å². The van der Waals surface area contributed by atoms with E-state index in [1.807, 2.05) is 13.8 Å². The fraction of sp³-hybridized carbons (Fsp3) is 0.667. The predicted octanol–water partition coefficient (Wildman–Crippen LogP) is -1.31. The van der Waals surface area contributed by atoms with E-state index in [-0.39, 0.29) is 25.4 Å². The number of hydrogen-bond donors (Lipinski definition) is 3. The number of sulfonamides is 1. The van der Waals surface area contributed by atoms with E-state index in [1.165, 1.54) is 4.90 Å². The number of aliphatic hydroxyl groups is 1. The lowest BCUT2D eigenvalue weighted by molar-refractivity contribution is -0.129. The monoisotopic (exact) mass is 316 g/mol.